The van der Waals surface area contributed by atoms with Gasteiger partial charge in [-0.2, -0.15) is 9.97 Å². The Kier molecular flexibility index (Phi) is 4.19. The molecular weight excluding hydrogens is 260 g/mol. The lowest BCUT2D eigenvalue weighted by atomic mass is 10.2. The van der Waals surface area contributed by atoms with Crippen molar-refractivity contribution in [3.05, 3.63) is 23.8 Å². The van der Waals surface area contributed by atoms with E-state index in [9.17, 15) is 0 Å². The van der Waals surface area contributed by atoms with E-state index in [1.165, 1.54) is 0 Å². The molecule has 0 aliphatic heterocycles. The van der Waals surface area contributed by atoms with Gasteiger partial charge in [-0.15, -0.1) is 4.98 Å². The SMILES string of the molecule is CCOc1nc(N)nc(Oc2ccc(C)cc2OC)n1. The Balaban J connectivity index is 2.29. The van der Waals surface area contributed by atoms with Crippen molar-refractivity contribution in [3.63, 3.8) is 0 Å². The summed E-state index contributed by atoms with van der Waals surface area (Å²) in [5.74, 6) is 1.11. The molecule has 106 valence electrons. The second-order valence-corrected chi connectivity index (χ2v) is 3.95. The highest BCUT2D eigenvalue weighted by Crippen LogP contribution is 2.31. The summed E-state index contributed by atoms with van der Waals surface area (Å²) in [4.78, 5) is 11.8. The Labute approximate surface area is 116 Å². The molecule has 0 bridgehead atoms. The third-order valence-electron chi connectivity index (χ3n) is 2.41. The monoisotopic (exact) mass is 276 g/mol. The van der Waals surface area contributed by atoms with Crippen LogP contribution < -0.4 is 19.9 Å². The summed E-state index contributed by atoms with van der Waals surface area (Å²) in [5.41, 5.74) is 6.64. The van der Waals surface area contributed by atoms with E-state index in [1.54, 1.807) is 13.2 Å². The number of aryl methyl sites for hydroxylation is 1. The number of methoxy groups -OCH3 is 1. The van der Waals surface area contributed by atoms with E-state index >= 15 is 0 Å². The van der Waals surface area contributed by atoms with Gasteiger partial charge < -0.3 is 19.9 Å². The van der Waals surface area contributed by atoms with E-state index in [2.05, 4.69) is 15.0 Å². The summed E-state index contributed by atoms with van der Waals surface area (Å²) in [5, 5.41) is 0. The molecule has 0 unspecified atom stereocenters. The highest BCUT2D eigenvalue weighted by atomic mass is 16.5. The number of nitrogens with zero attached hydrogens (tertiary/aromatic N) is 3. The largest absolute Gasteiger partial charge is 0.493 e. The second kappa shape index (κ2) is 6.05. The van der Waals surface area contributed by atoms with Crippen LogP contribution in [-0.2, 0) is 0 Å². The summed E-state index contributed by atoms with van der Waals surface area (Å²) in [6, 6.07) is 5.70. The number of ether oxygens (including phenoxy) is 3. The summed E-state index contributed by atoms with van der Waals surface area (Å²) in [7, 11) is 1.56. The normalized spacial score (nSPS) is 10.2. The van der Waals surface area contributed by atoms with Gasteiger partial charge in [-0.1, -0.05) is 6.07 Å². The molecule has 20 heavy (non-hydrogen) atoms. The van der Waals surface area contributed by atoms with Gasteiger partial charge in [0.15, 0.2) is 11.5 Å². The number of hydrogen-bond donors (Lipinski definition) is 1. The summed E-state index contributed by atoms with van der Waals surface area (Å²) >= 11 is 0. The Hall–Kier alpha value is -2.57. The molecule has 0 saturated carbocycles. The van der Waals surface area contributed by atoms with Gasteiger partial charge in [-0.25, -0.2) is 0 Å². The molecule has 2 aromatic rings. The van der Waals surface area contributed by atoms with E-state index in [0.717, 1.165) is 5.56 Å². The van der Waals surface area contributed by atoms with Crippen LogP contribution in [0.2, 0.25) is 0 Å². The van der Waals surface area contributed by atoms with Crippen molar-refractivity contribution in [1.29, 1.82) is 0 Å². The van der Waals surface area contributed by atoms with Crippen molar-refractivity contribution in [2.75, 3.05) is 19.5 Å². The molecule has 1 aromatic heterocycles. The Bertz CT molecular complexity index is 604. The second-order valence-electron chi connectivity index (χ2n) is 3.95. The van der Waals surface area contributed by atoms with Gasteiger partial charge in [0.1, 0.15) is 0 Å². The molecule has 7 nitrogen and oxygen atoms in total. The minimum atomic E-state index is 0.0320. The Morgan fingerprint density at radius 1 is 1.10 bits per heavy atom. The fourth-order valence-electron chi connectivity index (χ4n) is 1.55. The first-order chi connectivity index (χ1) is 9.62. The topological polar surface area (TPSA) is 92.4 Å². The first kappa shape index (κ1) is 13.9. The van der Waals surface area contributed by atoms with Crippen LogP contribution in [0.25, 0.3) is 0 Å². The van der Waals surface area contributed by atoms with E-state index in [0.29, 0.717) is 18.1 Å². The number of benzene rings is 1. The highest BCUT2D eigenvalue weighted by Gasteiger charge is 2.11. The van der Waals surface area contributed by atoms with Crippen molar-refractivity contribution in [1.82, 2.24) is 15.0 Å². The minimum Gasteiger partial charge on any atom is -0.493 e. The smallest absolute Gasteiger partial charge is 0.330 e. The quantitative estimate of drug-likeness (QED) is 0.892. The zero-order valence-corrected chi connectivity index (χ0v) is 11.6. The molecular formula is C13H16N4O3. The molecule has 7 heteroatoms. The number of anilines is 1. The molecule has 0 amide bonds. The van der Waals surface area contributed by atoms with E-state index < -0.39 is 0 Å². The zero-order chi connectivity index (χ0) is 14.5. The molecule has 1 heterocycles. The molecule has 0 aliphatic carbocycles. The average molecular weight is 276 g/mol. The molecule has 0 aliphatic rings. The van der Waals surface area contributed by atoms with Gasteiger partial charge in [0.25, 0.3) is 0 Å². The van der Waals surface area contributed by atoms with Crippen molar-refractivity contribution < 1.29 is 14.2 Å². The van der Waals surface area contributed by atoms with Gasteiger partial charge in [0, 0.05) is 0 Å². The van der Waals surface area contributed by atoms with Gasteiger partial charge in [-0.3, -0.25) is 0 Å². The lowest BCUT2D eigenvalue weighted by Gasteiger charge is -2.10. The van der Waals surface area contributed by atoms with Gasteiger partial charge in [0.05, 0.1) is 13.7 Å². The molecule has 2 rings (SSSR count). The average Bonchev–Trinajstić information content (AvgIpc) is 2.40. The molecule has 0 saturated heterocycles. The molecule has 2 N–H and O–H groups in total. The highest BCUT2D eigenvalue weighted by molar-refractivity contribution is 5.44. The van der Waals surface area contributed by atoms with Crippen LogP contribution in [0.1, 0.15) is 12.5 Å². The van der Waals surface area contributed by atoms with E-state index in [1.807, 2.05) is 26.0 Å². The van der Waals surface area contributed by atoms with Crippen LogP contribution >= 0.6 is 0 Å². The van der Waals surface area contributed by atoms with Crippen LogP contribution in [0.3, 0.4) is 0 Å². The summed E-state index contributed by atoms with van der Waals surface area (Å²) < 4.78 is 16.0. The maximum Gasteiger partial charge on any atom is 0.330 e. The van der Waals surface area contributed by atoms with Crippen molar-refractivity contribution in [2.24, 2.45) is 0 Å². The Morgan fingerprint density at radius 2 is 1.85 bits per heavy atom. The fourth-order valence-corrected chi connectivity index (χ4v) is 1.55. The molecule has 0 fully saturated rings. The lowest BCUT2D eigenvalue weighted by Crippen LogP contribution is -2.05. The fraction of sp³-hybridized carbons (Fsp3) is 0.308. The first-order valence-corrected chi connectivity index (χ1v) is 6.09. The number of nitrogen functional groups attached to an aromatic ring is 1. The number of nitrogens with two attached hydrogens (primary N) is 1. The maximum atomic E-state index is 5.58. The predicted molar refractivity (Wildman–Crippen MR) is 73.2 cm³/mol. The predicted octanol–water partition coefficient (Wildman–Crippen LogP) is 1.96. The third kappa shape index (κ3) is 3.25. The van der Waals surface area contributed by atoms with Crippen LogP contribution in [0.4, 0.5) is 5.95 Å². The van der Waals surface area contributed by atoms with Gasteiger partial charge >= 0.3 is 12.0 Å². The molecule has 0 radical (unpaired) electrons. The number of aromatic nitrogens is 3. The molecule has 0 spiro atoms. The third-order valence-corrected chi connectivity index (χ3v) is 2.41. The van der Waals surface area contributed by atoms with Gasteiger partial charge in [0.2, 0.25) is 5.95 Å². The lowest BCUT2D eigenvalue weighted by molar-refractivity contribution is 0.302. The molecule has 0 atom stereocenters. The summed E-state index contributed by atoms with van der Waals surface area (Å²) in [6.07, 6.45) is 0. The van der Waals surface area contributed by atoms with Crippen LogP contribution in [0.15, 0.2) is 18.2 Å². The summed E-state index contributed by atoms with van der Waals surface area (Å²) in [6.45, 7) is 4.21. The van der Waals surface area contributed by atoms with Crippen LogP contribution in [0.5, 0.6) is 23.5 Å². The van der Waals surface area contributed by atoms with Crippen LogP contribution in [-0.4, -0.2) is 28.7 Å². The van der Waals surface area contributed by atoms with Crippen molar-refractivity contribution >= 4 is 5.95 Å². The first-order valence-electron chi connectivity index (χ1n) is 6.09. The maximum absolute atomic E-state index is 5.58. The van der Waals surface area contributed by atoms with E-state index in [-0.39, 0.29) is 18.0 Å². The number of rotatable bonds is 5. The van der Waals surface area contributed by atoms with E-state index in [4.69, 9.17) is 19.9 Å². The van der Waals surface area contributed by atoms with Crippen LogP contribution in [0, 0.1) is 6.92 Å². The standard InChI is InChI=1S/C13H16N4O3/c1-4-19-12-15-11(14)16-13(17-12)20-9-6-5-8(2)7-10(9)18-3/h5-7H,4H2,1-3H3,(H2,14,15,16,17). The minimum absolute atomic E-state index is 0.0320. The Morgan fingerprint density at radius 3 is 2.55 bits per heavy atom. The number of hydrogen-bond acceptors (Lipinski definition) is 7. The van der Waals surface area contributed by atoms with Crippen molar-refractivity contribution in [3.8, 4) is 23.5 Å². The zero-order valence-electron chi connectivity index (χ0n) is 11.6. The van der Waals surface area contributed by atoms with Gasteiger partial charge in [-0.05, 0) is 31.5 Å². The van der Waals surface area contributed by atoms with Crippen molar-refractivity contribution in [2.45, 2.75) is 13.8 Å². The molecule has 1 aromatic carbocycles.